The lowest BCUT2D eigenvalue weighted by Crippen LogP contribution is -2.27. The van der Waals surface area contributed by atoms with Gasteiger partial charge in [-0.15, -0.1) is 0 Å². The summed E-state index contributed by atoms with van der Waals surface area (Å²) in [5.41, 5.74) is 13.4. The zero-order valence-corrected chi connectivity index (χ0v) is 16.7. The molecule has 0 saturated carbocycles. The molecule has 0 fully saturated rings. The molecule has 4 N–H and O–H groups in total. The van der Waals surface area contributed by atoms with Crippen LogP contribution in [0.2, 0.25) is 0 Å². The number of anilines is 1. The third kappa shape index (κ3) is 3.60. The van der Waals surface area contributed by atoms with Crippen molar-refractivity contribution in [2.75, 3.05) is 12.3 Å². The monoisotopic (exact) mass is 429 g/mol. The number of halogens is 2. The van der Waals surface area contributed by atoms with Crippen LogP contribution in [-0.2, 0) is 6.54 Å². The van der Waals surface area contributed by atoms with Crippen molar-refractivity contribution < 1.29 is 8.78 Å². The summed E-state index contributed by atoms with van der Waals surface area (Å²) in [7, 11) is 0. The van der Waals surface area contributed by atoms with Crippen molar-refractivity contribution in [3.63, 3.8) is 0 Å². The van der Waals surface area contributed by atoms with Gasteiger partial charge in [0.05, 0.1) is 16.8 Å². The summed E-state index contributed by atoms with van der Waals surface area (Å²) in [5.74, 6) is 0.368. The molecule has 0 atom stereocenters. The van der Waals surface area contributed by atoms with Crippen LogP contribution in [0.5, 0.6) is 0 Å². The Morgan fingerprint density at radius 1 is 1.23 bits per heavy atom. The quantitative estimate of drug-likeness (QED) is 0.504. The molecule has 30 heavy (non-hydrogen) atoms. The first-order chi connectivity index (χ1) is 14.4. The number of nitrogens with two attached hydrogens (primary N) is 2. The summed E-state index contributed by atoms with van der Waals surface area (Å²) in [6, 6.07) is 7.71. The summed E-state index contributed by atoms with van der Waals surface area (Å²) in [4.78, 5) is 21.3. The molecule has 8 nitrogen and oxygen atoms in total. The third-order valence-corrected chi connectivity index (χ3v) is 5.47. The first-order valence-electron chi connectivity index (χ1n) is 8.88. The smallest absolute Gasteiger partial charge is 0.351 e. The second-order valence-corrected chi connectivity index (χ2v) is 7.67. The molecule has 0 aliphatic carbocycles. The van der Waals surface area contributed by atoms with E-state index in [0.717, 1.165) is 31.6 Å². The van der Waals surface area contributed by atoms with Crippen LogP contribution < -0.4 is 17.2 Å². The fourth-order valence-electron chi connectivity index (χ4n) is 3.08. The normalized spacial score (nSPS) is 11.2. The van der Waals surface area contributed by atoms with Gasteiger partial charge < -0.3 is 11.5 Å². The Hall–Kier alpha value is -3.44. The second kappa shape index (κ2) is 7.76. The van der Waals surface area contributed by atoms with Gasteiger partial charge in [0.25, 0.3) is 6.08 Å². The van der Waals surface area contributed by atoms with Crippen LogP contribution in [0.4, 0.5) is 13.9 Å². The van der Waals surface area contributed by atoms with Gasteiger partial charge in [-0.05, 0) is 36.2 Å². The molecule has 0 radical (unpaired) electrons. The van der Waals surface area contributed by atoms with Crippen LogP contribution in [-0.4, -0.2) is 30.9 Å². The largest absolute Gasteiger partial charge is 0.375 e. The number of hydrogen-bond acceptors (Lipinski definition) is 7. The molecule has 1 aromatic carbocycles. The van der Waals surface area contributed by atoms with E-state index in [9.17, 15) is 13.6 Å². The fraction of sp³-hybridized carbons (Fsp3) is 0.158. The Balaban J connectivity index is 1.68. The van der Waals surface area contributed by atoms with Crippen LogP contribution in [0.15, 0.2) is 53.2 Å². The lowest BCUT2D eigenvalue weighted by molar-refractivity contribution is 0.400. The lowest BCUT2D eigenvalue weighted by Gasteiger charge is -2.08. The number of fused-ring (bicyclic) bond motifs is 1. The lowest BCUT2D eigenvalue weighted by atomic mass is 10.1. The second-order valence-electron chi connectivity index (χ2n) is 6.61. The van der Waals surface area contributed by atoms with Crippen molar-refractivity contribution in [2.24, 2.45) is 5.73 Å². The Morgan fingerprint density at radius 2 is 2.03 bits per heavy atom. The Labute approximate surface area is 173 Å². The SMILES string of the molecule is Cc1cc(-c2ccc3sc(N)nc3c2)cnc1-n1cnn(CC(CN)=C(F)F)c1=O. The molecule has 4 rings (SSSR count). The summed E-state index contributed by atoms with van der Waals surface area (Å²) in [5, 5.41) is 4.41. The molecule has 3 heterocycles. The summed E-state index contributed by atoms with van der Waals surface area (Å²) < 4.78 is 28.8. The topological polar surface area (TPSA) is 118 Å². The minimum absolute atomic E-state index is 0.347. The standard InChI is InChI=1S/C19H17F2N7OS/c1-10-4-12(11-2-3-15-14(5-11)26-18(23)30-15)7-24-17(10)27-9-25-28(19(27)29)8-13(6-22)16(20)21/h2-5,7,9H,6,8,22H2,1H3,(H2,23,26). The van der Waals surface area contributed by atoms with Gasteiger partial charge in [-0.2, -0.15) is 13.9 Å². The minimum atomic E-state index is -1.91. The van der Waals surface area contributed by atoms with Gasteiger partial charge in [0, 0.05) is 23.9 Å². The molecule has 0 aliphatic rings. The van der Waals surface area contributed by atoms with Crippen molar-refractivity contribution in [3.05, 3.63) is 64.5 Å². The van der Waals surface area contributed by atoms with Crippen molar-refractivity contribution in [1.29, 1.82) is 0 Å². The first-order valence-corrected chi connectivity index (χ1v) is 9.70. The Kier molecular flexibility index (Phi) is 5.14. The van der Waals surface area contributed by atoms with E-state index < -0.39 is 11.8 Å². The van der Waals surface area contributed by atoms with E-state index in [1.807, 2.05) is 24.3 Å². The van der Waals surface area contributed by atoms with Crippen LogP contribution >= 0.6 is 11.3 Å². The number of aromatic nitrogens is 5. The molecule has 0 unspecified atom stereocenters. The molecule has 154 valence electrons. The van der Waals surface area contributed by atoms with Crippen LogP contribution in [0.3, 0.4) is 0 Å². The predicted molar refractivity (Wildman–Crippen MR) is 112 cm³/mol. The zero-order valence-electron chi connectivity index (χ0n) is 15.8. The van der Waals surface area contributed by atoms with Gasteiger partial charge in [-0.3, -0.25) is 0 Å². The van der Waals surface area contributed by atoms with Crippen LogP contribution in [0, 0.1) is 6.92 Å². The van der Waals surface area contributed by atoms with Gasteiger partial charge in [0.15, 0.2) is 5.13 Å². The molecule has 0 amide bonds. The van der Waals surface area contributed by atoms with E-state index in [1.165, 1.54) is 22.2 Å². The van der Waals surface area contributed by atoms with Gasteiger partial charge in [-0.1, -0.05) is 17.4 Å². The summed E-state index contributed by atoms with van der Waals surface area (Å²) >= 11 is 1.42. The highest BCUT2D eigenvalue weighted by Gasteiger charge is 2.14. The summed E-state index contributed by atoms with van der Waals surface area (Å²) in [6.45, 7) is 1.07. The van der Waals surface area contributed by atoms with Crippen molar-refractivity contribution in [3.8, 4) is 16.9 Å². The zero-order chi connectivity index (χ0) is 21.4. The molecule has 0 bridgehead atoms. The number of thiazole rings is 1. The molecule has 0 saturated heterocycles. The Morgan fingerprint density at radius 3 is 2.73 bits per heavy atom. The Bertz CT molecular complexity index is 1330. The van der Waals surface area contributed by atoms with Crippen LogP contribution in [0.25, 0.3) is 27.2 Å². The molecule has 4 aromatic rings. The summed E-state index contributed by atoms with van der Waals surface area (Å²) in [6.07, 6.45) is 0.984. The molecule has 3 aromatic heterocycles. The molecular weight excluding hydrogens is 412 g/mol. The number of aryl methyl sites for hydroxylation is 1. The highest BCUT2D eigenvalue weighted by atomic mass is 32.1. The van der Waals surface area contributed by atoms with E-state index in [-0.39, 0.29) is 18.7 Å². The number of pyridine rings is 1. The van der Waals surface area contributed by atoms with Crippen molar-refractivity contribution >= 4 is 26.7 Å². The number of hydrogen-bond donors (Lipinski definition) is 2. The molecule has 0 aliphatic heterocycles. The van der Waals surface area contributed by atoms with Crippen LogP contribution in [0.1, 0.15) is 5.56 Å². The third-order valence-electron chi connectivity index (χ3n) is 4.60. The average Bonchev–Trinajstić information content (AvgIpc) is 3.26. The number of nitrogens with zero attached hydrogens (tertiary/aromatic N) is 5. The van der Waals surface area contributed by atoms with Gasteiger partial charge in [-0.25, -0.2) is 24.0 Å². The highest BCUT2D eigenvalue weighted by Crippen LogP contribution is 2.29. The number of rotatable bonds is 5. The highest BCUT2D eigenvalue weighted by molar-refractivity contribution is 7.22. The van der Waals surface area contributed by atoms with E-state index in [0.29, 0.717) is 10.9 Å². The molecule has 0 spiro atoms. The van der Waals surface area contributed by atoms with Crippen molar-refractivity contribution in [2.45, 2.75) is 13.5 Å². The van der Waals surface area contributed by atoms with E-state index in [1.54, 1.807) is 13.1 Å². The maximum absolute atomic E-state index is 12.8. The van der Waals surface area contributed by atoms with E-state index >= 15 is 0 Å². The maximum Gasteiger partial charge on any atom is 0.351 e. The predicted octanol–water partition coefficient (Wildman–Crippen LogP) is 2.71. The van der Waals surface area contributed by atoms with Gasteiger partial charge in [0.1, 0.15) is 12.1 Å². The van der Waals surface area contributed by atoms with E-state index in [2.05, 4.69) is 15.1 Å². The van der Waals surface area contributed by atoms with Gasteiger partial charge in [0.2, 0.25) is 0 Å². The maximum atomic E-state index is 12.8. The number of benzene rings is 1. The number of nitrogen functional groups attached to an aromatic ring is 1. The van der Waals surface area contributed by atoms with Gasteiger partial charge >= 0.3 is 5.69 Å². The molecular formula is C19H17F2N7OS. The average molecular weight is 429 g/mol. The van der Waals surface area contributed by atoms with Crippen molar-refractivity contribution in [1.82, 2.24) is 24.3 Å². The minimum Gasteiger partial charge on any atom is -0.375 e. The van der Waals surface area contributed by atoms with E-state index in [4.69, 9.17) is 11.5 Å². The fourth-order valence-corrected chi connectivity index (χ4v) is 3.79. The first kappa shape index (κ1) is 19.9. The molecule has 11 heteroatoms.